The van der Waals surface area contributed by atoms with Crippen LogP contribution in [0.4, 0.5) is 5.69 Å². The second-order valence-electron chi connectivity index (χ2n) is 5.93. The fourth-order valence-corrected chi connectivity index (χ4v) is 3.33. The van der Waals surface area contributed by atoms with E-state index in [1.165, 1.54) is 11.3 Å². The zero-order valence-corrected chi connectivity index (χ0v) is 12.8. The number of piperidine rings is 1. The van der Waals surface area contributed by atoms with Crippen LogP contribution < -0.4 is 10.6 Å². The smallest absolute Gasteiger partial charge is 0.0407 e. The molecule has 2 aromatic rings. The van der Waals surface area contributed by atoms with Crippen LogP contribution in [-0.4, -0.2) is 19.1 Å². The highest BCUT2D eigenvalue weighted by Crippen LogP contribution is 2.26. The second kappa shape index (κ2) is 6.50. The number of rotatable bonds is 3. The van der Waals surface area contributed by atoms with Crippen LogP contribution in [0, 0.1) is 5.92 Å². The van der Waals surface area contributed by atoms with E-state index in [0.717, 1.165) is 31.0 Å². The molecule has 3 heteroatoms. The van der Waals surface area contributed by atoms with Gasteiger partial charge in [-0.2, -0.15) is 0 Å². The van der Waals surface area contributed by atoms with E-state index in [0.29, 0.717) is 5.92 Å². The molecule has 1 fully saturated rings. The molecule has 0 saturated carbocycles. The van der Waals surface area contributed by atoms with Gasteiger partial charge in [-0.1, -0.05) is 41.9 Å². The van der Waals surface area contributed by atoms with E-state index in [1.807, 2.05) is 12.1 Å². The minimum absolute atomic E-state index is 0.239. The number of hydrogen-bond donors (Lipinski definition) is 1. The molecule has 2 unspecified atom stereocenters. The van der Waals surface area contributed by atoms with Crippen LogP contribution in [-0.2, 0) is 6.42 Å². The third kappa shape index (κ3) is 3.78. The fourth-order valence-electron chi connectivity index (χ4n) is 3.20. The van der Waals surface area contributed by atoms with Gasteiger partial charge in [0.25, 0.3) is 0 Å². The van der Waals surface area contributed by atoms with E-state index in [-0.39, 0.29) is 6.04 Å². The van der Waals surface area contributed by atoms with E-state index in [2.05, 4.69) is 47.4 Å². The van der Waals surface area contributed by atoms with Gasteiger partial charge in [0.15, 0.2) is 0 Å². The van der Waals surface area contributed by atoms with Crippen LogP contribution in [0.2, 0.25) is 5.02 Å². The monoisotopic (exact) mass is 300 g/mol. The normalized spacial score (nSPS) is 22.3. The van der Waals surface area contributed by atoms with Gasteiger partial charge in [0.2, 0.25) is 0 Å². The standard InChI is InChI=1S/C18H21ClN2/c19-16-6-8-18(9-7-16)21-12-15(11-17(20)13-21)10-14-4-2-1-3-5-14/h1-9,15,17H,10-13,20H2. The van der Waals surface area contributed by atoms with Crippen molar-refractivity contribution in [3.63, 3.8) is 0 Å². The molecule has 1 saturated heterocycles. The van der Waals surface area contributed by atoms with Crippen LogP contribution in [0.1, 0.15) is 12.0 Å². The van der Waals surface area contributed by atoms with Crippen molar-refractivity contribution in [2.45, 2.75) is 18.9 Å². The lowest BCUT2D eigenvalue weighted by atomic mass is 9.89. The summed E-state index contributed by atoms with van der Waals surface area (Å²) in [6.07, 6.45) is 2.19. The molecule has 3 rings (SSSR count). The first-order chi connectivity index (χ1) is 10.2. The van der Waals surface area contributed by atoms with Crippen molar-refractivity contribution in [3.05, 3.63) is 65.2 Å². The van der Waals surface area contributed by atoms with Crippen LogP contribution in [0.15, 0.2) is 54.6 Å². The summed E-state index contributed by atoms with van der Waals surface area (Å²) >= 11 is 5.97. The van der Waals surface area contributed by atoms with Crippen molar-refractivity contribution in [1.82, 2.24) is 0 Å². The number of nitrogens with two attached hydrogens (primary N) is 1. The Morgan fingerprint density at radius 2 is 1.71 bits per heavy atom. The molecule has 1 aliphatic rings. The largest absolute Gasteiger partial charge is 0.370 e. The van der Waals surface area contributed by atoms with Crippen molar-refractivity contribution in [2.75, 3.05) is 18.0 Å². The Morgan fingerprint density at radius 1 is 1.00 bits per heavy atom. The maximum atomic E-state index is 6.27. The number of halogens is 1. The Bertz CT molecular complexity index is 568. The van der Waals surface area contributed by atoms with Gasteiger partial charge in [-0.3, -0.25) is 0 Å². The van der Waals surface area contributed by atoms with Crippen LogP contribution in [0.25, 0.3) is 0 Å². The van der Waals surface area contributed by atoms with Gasteiger partial charge >= 0.3 is 0 Å². The highest BCUT2D eigenvalue weighted by molar-refractivity contribution is 6.30. The molecule has 2 N–H and O–H groups in total. The van der Waals surface area contributed by atoms with Crippen LogP contribution in [0.5, 0.6) is 0 Å². The summed E-state index contributed by atoms with van der Waals surface area (Å²) in [5.74, 6) is 0.604. The first-order valence-corrected chi connectivity index (χ1v) is 7.88. The van der Waals surface area contributed by atoms with Gasteiger partial charge in [0.1, 0.15) is 0 Å². The van der Waals surface area contributed by atoms with Gasteiger partial charge in [-0.05, 0) is 48.6 Å². The Morgan fingerprint density at radius 3 is 2.43 bits per heavy atom. The summed E-state index contributed by atoms with van der Waals surface area (Å²) in [6, 6.07) is 19.0. The van der Waals surface area contributed by atoms with Gasteiger partial charge in [-0.15, -0.1) is 0 Å². The van der Waals surface area contributed by atoms with E-state index < -0.39 is 0 Å². The van der Waals surface area contributed by atoms with Crippen molar-refractivity contribution >= 4 is 17.3 Å². The molecule has 0 radical (unpaired) electrons. The highest BCUT2D eigenvalue weighted by Gasteiger charge is 2.25. The van der Waals surface area contributed by atoms with Gasteiger partial charge in [0, 0.05) is 29.8 Å². The zero-order valence-electron chi connectivity index (χ0n) is 12.1. The molecule has 2 nitrogen and oxygen atoms in total. The van der Waals surface area contributed by atoms with Crippen molar-refractivity contribution < 1.29 is 0 Å². The fraction of sp³-hybridized carbons (Fsp3) is 0.333. The highest BCUT2D eigenvalue weighted by atomic mass is 35.5. The predicted octanol–water partition coefficient (Wildman–Crippen LogP) is 3.74. The molecule has 1 aliphatic heterocycles. The summed E-state index contributed by atoms with van der Waals surface area (Å²) in [5.41, 5.74) is 8.88. The van der Waals surface area contributed by atoms with E-state index in [9.17, 15) is 0 Å². The molecule has 0 spiro atoms. The molecule has 21 heavy (non-hydrogen) atoms. The lowest BCUT2D eigenvalue weighted by molar-refractivity contribution is 0.374. The van der Waals surface area contributed by atoms with Crippen molar-refractivity contribution in [2.24, 2.45) is 11.7 Å². The van der Waals surface area contributed by atoms with E-state index >= 15 is 0 Å². The van der Waals surface area contributed by atoms with Gasteiger partial charge in [0.05, 0.1) is 0 Å². The third-order valence-electron chi connectivity index (χ3n) is 4.13. The lowest BCUT2D eigenvalue weighted by Crippen LogP contribution is -2.47. The van der Waals surface area contributed by atoms with Crippen molar-refractivity contribution in [3.8, 4) is 0 Å². The molecule has 110 valence electrons. The second-order valence-corrected chi connectivity index (χ2v) is 6.37. The molecule has 0 aromatic heterocycles. The van der Waals surface area contributed by atoms with Gasteiger partial charge < -0.3 is 10.6 Å². The average Bonchev–Trinajstić information content (AvgIpc) is 2.48. The summed E-state index contributed by atoms with van der Waals surface area (Å²) in [7, 11) is 0. The molecule has 0 bridgehead atoms. The summed E-state index contributed by atoms with van der Waals surface area (Å²) in [4.78, 5) is 2.39. The Kier molecular flexibility index (Phi) is 4.47. The molecule has 2 aromatic carbocycles. The van der Waals surface area contributed by atoms with E-state index in [1.54, 1.807) is 0 Å². The Labute approximate surface area is 131 Å². The van der Waals surface area contributed by atoms with Crippen LogP contribution in [0.3, 0.4) is 0 Å². The minimum Gasteiger partial charge on any atom is -0.370 e. The Balaban J connectivity index is 1.71. The Hall–Kier alpha value is -1.51. The minimum atomic E-state index is 0.239. The van der Waals surface area contributed by atoms with Crippen molar-refractivity contribution in [1.29, 1.82) is 0 Å². The third-order valence-corrected chi connectivity index (χ3v) is 4.38. The zero-order chi connectivity index (χ0) is 14.7. The predicted molar refractivity (Wildman–Crippen MR) is 89.9 cm³/mol. The summed E-state index contributed by atoms with van der Waals surface area (Å²) in [5, 5.41) is 0.779. The van der Waals surface area contributed by atoms with Gasteiger partial charge in [-0.25, -0.2) is 0 Å². The topological polar surface area (TPSA) is 29.3 Å². The first-order valence-electron chi connectivity index (χ1n) is 7.51. The first kappa shape index (κ1) is 14.4. The maximum Gasteiger partial charge on any atom is 0.0407 e. The summed E-state index contributed by atoms with van der Waals surface area (Å²) < 4.78 is 0. The summed E-state index contributed by atoms with van der Waals surface area (Å²) in [6.45, 7) is 1.98. The molecular weight excluding hydrogens is 280 g/mol. The number of hydrogen-bond acceptors (Lipinski definition) is 2. The molecule has 0 amide bonds. The number of benzene rings is 2. The number of nitrogens with zero attached hydrogens (tertiary/aromatic N) is 1. The molecular formula is C18H21ClN2. The maximum absolute atomic E-state index is 6.27. The number of anilines is 1. The quantitative estimate of drug-likeness (QED) is 0.936. The molecule has 2 atom stereocenters. The molecule has 0 aliphatic carbocycles. The molecule has 1 heterocycles. The van der Waals surface area contributed by atoms with E-state index in [4.69, 9.17) is 17.3 Å². The SMILES string of the molecule is NC1CC(Cc2ccccc2)CN(c2ccc(Cl)cc2)C1. The van der Waals surface area contributed by atoms with Crippen LogP contribution >= 0.6 is 11.6 Å². The average molecular weight is 301 g/mol. The lowest BCUT2D eigenvalue weighted by Gasteiger charge is -2.38.